The molecular weight excluding hydrogens is 286 g/mol. The van der Waals surface area contributed by atoms with E-state index in [0.717, 1.165) is 5.56 Å². The lowest BCUT2D eigenvalue weighted by Gasteiger charge is -2.14. The van der Waals surface area contributed by atoms with Gasteiger partial charge in [0.1, 0.15) is 10.0 Å². The fourth-order valence-corrected chi connectivity index (χ4v) is 2.83. The second-order valence-electron chi connectivity index (χ2n) is 3.94. The molecule has 0 aliphatic carbocycles. The van der Waals surface area contributed by atoms with Gasteiger partial charge in [-0.25, -0.2) is 18.1 Å². The number of aromatic nitrogens is 2. The Hall–Kier alpha value is -1.50. The van der Waals surface area contributed by atoms with E-state index in [9.17, 15) is 8.42 Å². The maximum absolute atomic E-state index is 12.1. The van der Waals surface area contributed by atoms with Crippen LogP contribution in [0.5, 0.6) is 0 Å². The fraction of sp³-hybridized carbons (Fsp3) is 0.167. The third-order valence-electron chi connectivity index (χ3n) is 2.55. The third-order valence-corrected chi connectivity index (χ3v) is 4.30. The summed E-state index contributed by atoms with van der Waals surface area (Å²) in [5.74, 6) is 0. The predicted molar refractivity (Wildman–Crippen MR) is 72.2 cm³/mol. The van der Waals surface area contributed by atoms with Crippen LogP contribution in [-0.2, 0) is 10.0 Å². The molecule has 0 saturated carbocycles. The van der Waals surface area contributed by atoms with E-state index < -0.39 is 10.0 Å². The molecule has 2 rings (SSSR count). The minimum atomic E-state index is -3.62. The number of hydrogen-bond acceptors (Lipinski definition) is 4. The minimum absolute atomic E-state index is 0.0813. The molecule has 0 aromatic carbocycles. The van der Waals surface area contributed by atoms with Gasteiger partial charge in [0.05, 0.1) is 0 Å². The summed E-state index contributed by atoms with van der Waals surface area (Å²) in [4.78, 5) is 7.73. The van der Waals surface area contributed by atoms with Gasteiger partial charge in [0.2, 0.25) is 10.0 Å². The molecule has 2 aromatic rings. The number of hydrogen-bond donors (Lipinski definition) is 1. The molecule has 0 fully saturated rings. The number of halogens is 1. The standard InChI is InChI=1S/C12H12ClN3O2S/c1-9(10-4-6-14-7-5-10)16-19(17,18)11-2-3-12(13)15-8-11/h2-9,16H,1H3. The van der Waals surface area contributed by atoms with Gasteiger partial charge in [-0.2, -0.15) is 0 Å². The number of rotatable bonds is 4. The normalized spacial score (nSPS) is 13.2. The number of nitrogens with one attached hydrogen (secondary N) is 1. The van der Waals surface area contributed by atoms with E-state index in [-0.39, 0.29) is 16.1 Å². The van der Waals surface area contributed by atoms with E-state index in [0.29, 0.717) is 0 Å². The maximum Gasteiger partial charge on any atom is 0.242 e. The molecule has 1 unspecified atom stereocenters. The number of pyridine rings is 2. The molecule has 0 amide bonds. The first kappa shape index (κ1) is 13.9. The largest absolute Gasteiger partial charge is 0.265 e. The highest BCUT2D eigenvalue weighted by Gasteiger charge is 2.18. The molecule has 2 aromatic heterocycles. The topological polar surface area (TPSA) is 72.0 Å². The van der Waals surface area contributed by atoms with Crippen LogP contribution in [0.3, 0.4) is 0 Å². The lowest BCUT2D eigenvalue weighted by atomic mass is 10.1. The molecule has 0 radical (unpaired) electrons. The number of nitrogens with zero attached hydrogens (tertiary/aromatic N) is 2. The summed E-state index contributed by atoms with van der Waals surface area (Å²) >= 11 is 5.63. The summed E-state index contributed by atoms with van der Waals surface area (Å²) in [6.07, 6.45) is 4.46. The van der Waals surface area contributed by atoms with Crippen LogP contribution in [0.2, 0.25) is 5.15 Å². The third kappa shape index (κ3) is 3.50. The molecule has 7 heteroatoms. The van der Waals surface area contributed by atoms with Crippen LogP contribution in [-0.4, -0.2) is 18.4 Å². The first-order valence-electron chi connectivity index (χ1n) is 5.53. The van der Waals surface area contributed by atoms with Crippen LogP contribution in [0.1, 0.15) is 18.5 Å². The van der Waals surface area contributed by atoms with Crippen molar-refractivity contribution in [1.29, 1.82) is 0 Å². The molecule has 2 heterocycles. The zero-order chi connectivity index (χ0) is 13.9. The van der Waals surface area contributed by atoms with Gasteiger partial charge in [0.15, 0.2) is 0 Å². The first-order chi connectivity index (χ1) is 8.99. The van der Waals surface area contributed by atoms with Gasteiger partial charge in [0.25, 0.3) is 0 Å². The minimum Gasteiger partial charge on any atom is -0.265 e. The monoisotopic (exact) mass is 297 g/mol. The summed E-state index contributed by atoms with van der Waals surface area (Å²) in [6, 6.07) is 6.01. The second kappa shape index (κ2) is 5.64. The zero-order valence-electron chi connectivity index (χ0n) is 10.1. The predicted octanol–water partition coefficient (Wildman–Crippen LogP) is 2.17. The van der Waals surface area contributed by atoms with Crippen molar-refractivity contribution in [3.8, 4) is 0 Å². The smallest absolute Gasteiger partial charge is 0.242 e. The highest BCUT2D eigenvalue weighted by atomic mass is 35.5. The van der Waals surface area contributed by atoms with E-state index >= 15 is 0 Å². The van der Waals surface area contributed by atoms with E-state index in [1.165, 1.54) is 18.3 Å². The molecule has 0 bridgehead atoms. The van der Waals surface area contributed by atoms with Gasteiger partial charge >= 0.3 is 0 Å². The fourth-order valence-electron chi connectivity index (χ4n) is 1.54. The lowest BCUT2D eigenvalue weighted by Crippen LogP contribution is -2.27. The molecule has 0 aliphatic rings. The van der Waals surface area contributed by atoms with Crippen LogP contribution < -0.4 is 4.72 Å². The highest BCUT2D eigenvalue weighted by molar-refractivity contribution is 7.89. The van der Waals surface area contributed by atoms with Crippen molar-refractivity contribution in [2.24, 2.45) is 0 Å². The average molecular weight is 298 g/mol. The molecule has 0 spiro atoms. The van der Waals surface area contributed by atoms with Crippen molar-refractivity contribution in [2.45, 2.75) is 17.9 Å². The van der Waals surface area contributed by atoms with Crippen molar-refractivity contribution < 1.29 is 8.42 Å². The van der Waals surface area contributed by atoms with Gasteiger partial charge in [-0.15, -0.1) is 0 Å². The van der Waals surface area contributed by atoms with Crippen LogP contribution in [0.15, 0.2) is 47.8 Å². The molecular formula is C12H12ClN3O2S. The first-order valence-corrected chi connectivity index (χ1v) is 7.39. The summed E-state index contributed by atoms with van der Waals surface area (Å²) in [5, 5.41) is 0.251. The maximum atomic E-state index is 12.1. The van der Waals surface area contributed by atoms with E-state index in [1.54, 1.807) is 31.5 Å². The molecule has 1 N–H and O–H groups in total. The Morgan fingerprint density at radius 1 is 1.21 bits per heavy atom. The summed E-state index contributed by atoms with van der Waals surface area (Å²) in [5.41, 5.74) is 0.834. The van der Waals surface area contributed by atoms with E-state index in [1.807, 2.05) is 0 Å². The van der Waals surface area contributed by atoms with Gasteiger partial charge < -0.3 is 0 Å². The van der Waals surface area contributed by atoms with Crippen molar-refractivity contribution in [3.05, 3.63) is 53.6 Å². The Morgan fingerprint density at radius 3 is 2.47 bits per heavy atom. The Balaban J connectivity index is 2.20. The zero-order valence-corrected chi connectivity index (χ0v) is 11.7. The Labute approximate surface area is 116 Å². The van der Waals surface area contributed by atoms with Crippen LogP contribution in [0, 0.1) is 0 Å². The lowest BCUT2D eigenvalue weighted by molar-refractivity contribution is 0.566. The summed E-state index contributed by atoms with van der Waals surface area (Å²) < 4.78 is 26.8. The molecule has 0 aliphatic heterocycles. The van der Waals surface area contributed by atoms with Crippen LogP contribution in [0.4, 0.5) is 0 Å². The molecule has 19 heavy (non-hydrogen) atoms. The van der Waals surface area contributed by atoms with Crippen molar-refractivity contribution in [3.63, 3.8) is 0 Å². The van der Waals surface area contributed by atoms with Crippen molar-refractivity contribution >= 4 is 21.6 Å². The van der Waals surface area contributed by atoms with Crippen LogP contribution in [0.25, 0.3) is 0 Å². The molecule has 5 nitrogen and oxygen atoms in total. The second-order valence-corrected chi connectivity index (χ2v) is 6.04. The quantitative estimate of drug-likeness (QED) is 0.878. The summed E-state index contributed by atoms with van der Waals surface area (Å²) in [6.45, 7) is 1.76. The SMILES string of the molecule is CC(NS(=O)(=O)c1ccc(Cl)nc1)c1ccncc1. The van der Waals surface area contributed by atoms with Gasteiger partial charge in [0, 0.05) is 24.6 Å². The molecule has 0 saturated heterocycles. The van der Waals surface area contributed by atoms with E-state index in [4.69, 9.17) is 11.6 Å². The highest BCUT2D eigenvalue weighted by Crippen LogP contribution is 2.16. The van der Waals surface area contributed by atoms with Crippen molar-refractivity contribution in [2.75, 3.05) is 0 Å². The molecule has 1 atom stereocenters. The Bertz CT molecular complexity index is 644. The molecule has 100 valence electrons. The summed E-state index contributed by atoms with van der Waals surface area (Å²) in [7, 11) is -3.62. The number of sulfonamides is 1. The Kier molecular flexibility index (Phi) is 4.14. The van der Waals surface area contributed by atoms with Crippen LogP contribution >= 0.6 is 11.6 Å². The average Bonchev–Trinajstić information content (AvgIpc) is 2.40. The van der Waals surface area contributed by atoms with Gasteiger partial charge in [-0.1, -0.05) is 11.6 Å². The van der Waals surface area contributed by atoms with Gasteiger partial charge in [-0.3, -0.25) is 4.98 Å². The Morgan fingerprint density at radius 2 is 1.89 bits per heavy atom. The van der Waals surface area contributed by atoms with E-state index in [2.05, 4.69) is 14.7 Å². The van der Waals surface area contributed by atoms with Gasteiger partial charge in [-0.05, 0) is 36.8 Å². The van der Waals surface area contributed by atoms with Crippen molar-refractivity contribution in [1.82, 2.24) is 14.7 Å².